The van der Waals surface area contributed by atoms with Crippen molar-refractivity contribution >= 4 is 17.9 Å². The third-order valence-corrected chi connectivity index (χ3v) is 5.88. The zero-order valence-electron chi connectivity index (χ0n) is 19.2. The predicted octanol–water partition coefficient (Wildman–Crippen LogP) is 7.32. The summed E-state index contributed by atoms with van der Waals surface area (Å²) in [5.74, 6) is -45.7. The molecule has 0 aliphatic carbocycles. The Morgan fingerprint density at radius 2 is 0.619 bits per heavy atom. The monoisotopic (exact) mass is 624 g/mol. The van der Waals surface area contributed by atoms with Crippen LogP contribution in [0.15, 0.2) is 12.1 Å². The lowest BCUT2D eigenvalue weighted by Crippen LogP contribution is -2.45. The third kappa shape index (κ3) is 4.25. The molecule has 0 fully saturated rings. The highest BCUT2D eigenvalue weighted by Gasteiger charge is 2.40. The van der Waals surface area contributed by atoms with E-state index in [0.717, 1.165) is 0 Å². The van der Waals surface area contributed by atoms with Crippen molar-refractivity contribution in [1.29, 1.82) is 0 Å². The van der Waals surface area contributed by atoms with E-state index in [1.54, 1.807) is 0 Å². The molecule has 0 saturated carbocycles. The lowest BCUT2D eigenvalue weighted by Gasteiger charge is -2.19. The summed E-state index contributed by atoms with van der Waals surface area (Å²) in [5, 5.41) is 0. The first-order valence-corrected chi connectivity index (χ1v) is 10.5. The molecule has 0 N–H and O–H groups in total. The standard InChI is InChI=1S/C24H2BF17/c26-9-4(25(42)8-14(31)20(37)24(41)21(38)15(8)32)2-1-3(6-10(27)16(33)22(39)17(34)11(6)28)5(9)7-12(29)18(35)23(40)19(36)13(7)30/h1-2H. The molecule has 0 spiro atoms. The Hall–Kier alpha value is -4.25. The summed E-state index contributed by atoms with van der Waals surface area (Å²) in [6, 6.07) is -0.288. The van der Waals surface area contributed by atoms with Gasteiger partial charge in [0.15, 0.2) is 75.6 Å². The summed E-state index contributed by atoms with van der Waals surface area (Å²) in [6.45, 7) is -3.87. The van der Waals surface area contributed by atoms with Crippen molar-refractivity contribution in [2.45, 2.75) is 0 Å². The molecule has 0 heterocycles. The van der Waals surface area contributed by atoms with Gasteiger partial charge in [0.05, 0.1) is 11.1 Å². The van der Waals surface area contributed by atoms with Gasteiger partial charge in [-0.1, -0.05) is 12.1 Å². The fraction of sp³-hybridized carbons (Fsp3) is 0. The van der Waals surface area contributed by atoms with Gasteiger partial charge in [-0.15, -0.1) is 0 Å². The van der Waals surface area contributed by atoms with E-state index in [-0.39, 0.29) is 12.1 Å². The Balaban J connectivity index is 2.21. The quantitative estimate of drug-likeness (QED) is 0.0967. The molecule has 0 saturated heterocycles. The highest BCUT2D eigenvalue weighted by Crippen LogP contribution is 2.42. The van der Waals surface area contributed by atoms with Crippen LogP contribution in [0.1, 0.15) is 0 Å². The second-order valence-corrected chi connectivity index (χ2v) is 8.13. The molecule has 0 bridgehead atoms. The van der Waals surface area contributed by atoms with E-state index < -0.39 is 133 Å². The van der Waals surface area contributed by atoms with Crippen molar-refractivity contribution in [2.24, 2.45) is 0 Å². The number of rotatable bonds is 4. The van der Waals surface area contributed by atoms with Gasteiger partial charge in [0.2, 0.25) is 11.6 Å². The van der Waals surface area contributed by atoms with Gasteiger partial charge in [0.25, 0.3) is 0 Å². The molecular weight excluding hydrogens is 622 g/mol. The smallest absolute Gasteiger partial charge is 0.322 e. The Labute approximate surface area is 220 Å². The maximum absolute atomic E-state index is 15.7. The van der Waals surface area contributed by atoms with Crippen LogP contribution >= 0.6 is 0 Å². The maximum Gasteiger partial charge on any atom is 0.422 e. The summed E-state index contributed by atoms with van der Waals surface area (Å²) in [4.78, 5) is 0. The fourth-order valence-corrected chi connectivity index (χ4v) is 3.91. The molecule has 0 unspecified atom stereocenters. The van der Waals surface area contributed by atoms with Crippen molar-refractivity contribution in [3.8, 4) is 22.3 Å². The van der Waals surface area contributed by atoms with E-state index in [2.05, 4.69) is 0 Å². The Morgan fingerprint density at radius 1 is 0.310 bits per heavy atom. The minimum absolute atomic E-state index is 0.136. The highest BCUT2D eigenvalue weighted by molar-refractivity contribution is 6.79. The van der Waals surface area contributed by atoms with Crippen LogP contribution in [0, 0.1) is 93.1 Å². The molecule has 0 atom stereocenters. The molecule has 4 aromatic rings. The van der Waals surface area contributed by atoms with E-state index >= 15 is 8.71 Å². The first-order chi connectivity index (χ1) is 19.5. The van der Waals surface area contributed by atoms with Crippen LogP contribution in [0.3, 0.4) is 0 Å². The molecule has 4 rings (SSSR count). The van der Waals surface area contributed by atoms with Crippen molar-refractivity contribution in [3.05, 3.63) is 105 Å². The van der Waals surface area contributed by atoms with E-state index in [9.17, 15) is 65.9 Å². The second-order valence-electron chi connectivity index (χ2n) is 8.13. The molecule has 0 aliphatic heterocycles. The molecule has 0 radical (unpaired) electrons. The number of hydrogen-bond donors (Lipinski definition) is 0. The van der Waals surface area contributed by atoms with Crippen molar-refractivity contribution in [2.75, 3.05) is 0 Å². The molecular formula is C24H2BF17. The van der Waals surface area contributed by atoms with Crippen LogP contribution in [0.4, 0.5) is 74.6 Å². The van der Waals surface area contributed by atoms with Crippen LogP contribution in [0.2, 0.25) is 0 Å². The van der Waals surface area contributed by atoms with Gasteiger partial charge in [0.1, 0.15) is 5.82 Å². The van der Waals surface area contributed by atoms with E-state index in [1.807, 2.05) is 0 Å². The topological polar surface area (TPSA) is 0 Å². The van der Waals surface area contributed by atoms with Gasteiger partial charge in [-0.05, 0) is 11.0 Å². The SMILES string of the molecule is FB(c1ccc(-c2c(F)c(F)c(F)c(F)c2F)c(-c2c(F)c(F)c(F)c(F)c2F)c1F)c1c(F)c(F)c(F)c(F)c1F. The average Bonchev–Trinajstić information content (AvgIpc) is 2.96. The number of benzene rings is 4. The average molecular weight is 624 g/mol. The molecule has 0 aliphatic rings. The largest absolute Gasteiger partial charge is 0.422 e. The molecule has 0 amide bonds. The molecule has 42 heavy (non-hydrogen) atoms. The second kappa shape index (κ2) is 10.5. The van der Waals surface area contributed by atoms with Gasteiger partial charge in [-0.3, -0.25) is 0 Å². The highest BCUT2D eigenvalue weighted by atomic mass is 19.2. The van der Waals surface area contributed by atoms with Crippen LogP contribution in [0.25, 0.3) is 22.3 Å². The van der Waals surface area contributed by atoms with Gasteiger partial charge < -0.3 is 4.32 Å². The summed E-state index contributed by atoms with van der Waals surface area (Å²) >= 11 is 0. The van der Waals surface area contributed by atoms with Crippen LogP contribution in [-0.4, -0.2) is 6.99 Å². The van der Waals surface area contributed by atoms with Crippen LogP contribution in [-0.2, 0) is 0 Å². The zero-order valence-corrected chi connectivity index (χ0v) is 19.2. The number of halogens is 17. The Bertz CT molecular complexity index is 1730. The Kier molecular flexibility index (Phi) is 7.71. The minimum Gasteiger partial charge on any atom is -0.322 e. The summed E-state index contributed by atoms with van der Waals surface area (Å²) in [5.41, 5.74) is -13.4. The lowest BCUT2D eigenvalue weighted by atomic mass is 9.57. The first kappa shape index (κ1) is 30.7. The van der Waals surface area contributed by atoms with E-state index in [0.29, 0.717) is 0 Å². The van der Waals surface area contributed by atoms with Crippen molar-refractivity contribution < 1.29 is 74.6 Å². The van der Waals surface area contributed by atoms with Crippen molar-refractivity contribution in [1.82, 2.24) is 0 Å². The lowest BCUT2D eigenvalue weighted by molar-refractivity contribution is 0.380. The first-order valence-electron chi connectivity index (χ1n) is 10.5. The molecule has 0 aromatic heterocycles. The molecule has 220 valence electrons. The van der Waals surface area contributed by atoms with E-state index in [1.165, 1.54) is 0 Å². The van der Waals surface area contributed by atoms with Gasteiger partial charge in [0, 0.05) is 11.0 Å². The molecule has 0 nitrogen and oxygen atoms in total. The summed E-state index contributed by atoms with van der Waals surface area (Å²) in [6.07, 6.45) is 0. The summed E-state index contributed by atoms with van der Waals surface area (Å²) in [7, 11) is 0. The van der Waals surface area contributed by atoms with Gasteiger partial charge in [-0.25, -0.2) is 70.2 Å². The minimum atomic E-state index is -3.87. The molecule has 4 aromatic carbocycles. The normalized spacial score (nSPS) is 11.5. The predicted molar refractivity (Wildman–Crippen MR) is 109 cm³/mol. The van der Waals surface area contributed by atoms with Gasteiger partial charge in [-0.2, -0.15) is 0 Å². The fourth-order valence-electron chi connectivity index (χ4n) is 3.91. The van der Waals surface area contributed by atoms with Crippen molar-refractivity contribution in [3.63, 3.8) is 0 Å². The van der Waals surface area contributed by atoms with E-state index in [4.69, 9.17) is 0 Å². The number of hydrogen-bond acceptors (Lipinski definition) is 0. The summed E-state index contributed by atoms with van der Waals surface area (Å²) < 4.78 is 241. The Morgan fingerprint density at radius 3 is 1.00 bits per heavy atom. The third-order valence-electron chi connectivity index (χ3n) is 5.88. The van der Waals surface area contributed by atoms with Gasteiger partial charge >= 0.3 is 6.99 Å². The van der Waals surface area contributed by atoms with Crippen LogP contribution < -0.4 is 10.9 Å². The maximum atomic E-state index is 15.7. The van der Waals surface area contributed by atoms with Crippen LogP contribution in [0.5, 0.6) is 0 Å². The molecule has 18 heteroatoms. The zero-order chi connectivity index (χ0) is 31.7.